The van der Waals surface area contributed by atoms with Crippen LogP contribution in [0.5, 0.6) is 0 Å². The van der Waals surface area contributed by atoms with E-state index in [9.17, 15) is 27.6 Å². The zero-order valence-electron chi connectivity index (χ0n) is 17.4. The summed E-state index contributed by atoms with van der Waals surface area (Å²) in [5, 5.41) is 2.10. The minimum Gasteiger partial charge on any atom is -0.384 e. The average molecular weight is 459 g/mol. The number of carbonyl (C=O) groups excluding carboxylic acids is 3. The van der Waals surface area contributed by atoms with Gasteiger partial charge in [0, 0.05) is 45.4 Å². The number of piperazine rings is 1. The van der Waals surface area contributed by atoms with Gasteiger partial charge >= 0.3 is 0 Å². The summed E-state index contributed by atoms with van der Waals surface area (Å²) in [6.45, 7) is 3.29. The summed E-state index contributed by atoms with van der Waals surface area (Å²) in [7, 11) is -3.62. The minimum absolute atomic E-state index is 0.0362. The van der Waals surface area contributed by atoms with Crippen molar-refractivity contribution in [3.8, 4) is 5.69 Å². The van der Waals surface area contributed by atoms with Crippen LogP contribution in [-0.2, 0) is 14.6 Å². The first-order chi connectivity index (χ1) is 15.0. The second-order valence-electron chi connectivity index (χ2n) is 7.69. The van der Waals surface area contributed by atoms with Crippen LogP contribution in [0, 0.1) is 0 Å². The molecule has 0 spiro atoms. The second-order valence-corrected chi connectivity index (χ2v) is 9.71. The van der Waals surface area contributed by atoms with Gasteiger partial charge in [0.2, 0.25) is 5.91 Å². The number of amides is 3. The number of benzene rings is 1. The summed E-state index contributed by atoms with van der Waals surface area (Å²) < 4.78 is 25.4. The summed E-state index contributed by atoms with van der Waals surface area (Å²) in [6, 6.07) is 5.33. The summed E-state index contributed by atoms with van der Waals surface area (Å²) in [4.78, 5) is 52.4. The highest BCUT2D eigenvalue weighted by Gasteiger charge is 2.33. The van der Waals surface area contributed by atoms with Gasteiger partial charge in [0.05, 0.1) is 27.4 Å². The van der Waals surface area contributed by atoms with Crippen molar-refractivity contribution in [1.82, 2.24) is 14.8 Å². The number of sulfone groups is 1. The molecule has 0 aliphatic carbocycles. The van der Waals surface area contributed by atoms with Gasteiger partial charge in [-0.05, 0) is 18.2 Å². The lowest BCUT2D eigenvalue weighted by Crippen LogP contribution is -2.48. The quantitative estimate of drug-likeness (QED) is 0.576. The number of imide groups is 1. The van der Waals surface area contributed by atoms with Crippen LogP contribution in [0.2, 0.25) is 0 Å². The monoisotopic (exact) mass is 459 g/mol. The molecule has 1 fully saturated rings. The normalized spacial score (nSPS) is 16.2. The van der Waals surface area contributed by atoms with Gasteiger partial charge in [0.15, 0.2) is 9.84 Å². The number of hydrogen-bond donors (Lipinski definition) is 2. The molecule has 0 atom stereocenters. The van der Waals surface area contributed by atoms with Gasteiger partial charge in [-0.2, -0.15) is 0 Å². The van der Waals surface area contributed by atoms with E-state index in [1.807, 2.05) is 4.90 Å². The molecule has 3 amide bonds. The highest BCUT2D eigenvalue weighted by Crippen LogP contribution is 2.31. The Bertz CT molecular complexity index is 1340. The van der Waals surface area contributed by atoms with E-state index in [0.717, 1.165) is 16.9 Å². The van der Waals surface area contributed by atoms with Crippen molar-refractivity contribution in [2.75, 3.05) is 43.1 Å². The topological polar surface area (TPSA) is 152 Å². The Hall–Kier alpha value is -3.67. The van der Waals surface area contributed by atoms with Crippen molar-refractivity contribution in [3.05, 3.63) is 45.7 Å². The number of nitrogens with one attached hydrogen (secondary N) is 1. The van der Waals surface area contributed by atoms with E-state index < -0.39 is 27.2 Å². The molecule has 1 saturated heterocycles. The molecule has 0 saturated carbocycles. The molecule has 1 aromatic carbocycles. The van der Waals surface area contributed by atoms with E-state index in [2.05, 4.69) is 5.32 Å². The zero-order valence-corrected chi connectivity index (χ0v) is 18.2. The van der Waals surface area contributed by atoms with Crippen molar-refractivity contribution in [1.29, 1.82) is 0 Å². The number of hydrogen-bond acceptors (Lipinski definition) is 8. The van der Waals surface area contributed by atoms with Crippen molar-refractivity contribution in [2.45, 2.75) is 11.8 Å². The molecule has 3 N–H and O–H groups in total. The molecule has 12 heteroatoms. The van der Waals surface area contributed by atoms with Crippen LogP contribution in [0.3, 0.4) is 0 Å². The van der Waals surface area contributed by atoms with Gasteiger partial charge in [-0.3, -0.25) is 29.1 Å². The Balaban J connectivity index is 1.91. The Morgan fingerprint density at radius 1 is 1.00 bits per heavy atom. The highest BCUT2D eigenvalue weighted by atomic mass is 32.2. The summed E-state index contributed by atoms with van der Waals surface area (Å²) >= 11 is 0. The van der Waals surface area contributed by atoms with E-state index >= 15 is 0 Å². The molecule has 168 valence electrons. The fourth-order valence-corrected chi connectivity index (χ4v) is 4.61. The maximum atomic E-state index is 13.0. The minimum atomic E-state index is -3.62. The summed E-state index contributed by atoms with van der Waals surface area (Å²) in [5.41, 5.74) is 5.92. The molecule has 32 heavy (non-hydrogen) atoms. The molecule has 2 aliphatic heterocycles. The number of carbonyl (C=O) groups is 3. The molecule has 2 aromatic rings. The van der Waals surface area contributed by atoms with Crippen molar-refractivity contribution in [2.24, 2.45) is 0 Å². The highest BCUT2D eigenvalue weighted by molar-refractivity contribution is 7.90. The number of pyridine rings is 1. The van der Waals surface area contributed by atoms with E-state index in [1.54, 1.807) is 11.0 Å². The third-order valence-electron chi connectivity index (χ3n) is 5.63. The molecule has 0 unspecified atom stereocenters. The lowest BCUT2D eigenvalue weighted by Gasteiger charge is -2.36. The summed E-state index contributed by atoms with van der Waals surface area (Å²) in [5.74, 6) is -1.75. The fraction of sp³-hybridized carbons (Fsp3) is 0.300. The molecule has 0 bridgehead atoms. The number of fused-ring (bicyclic) bond motifs is 1. The molecular weight excluding hydrogens is 438 g/mol. The van der Waals surface area contributed by atoms with Crippen LogP contribution in [0.4, 0.5) is 11.5 Å². The SMILES string of the molecule is CC(=O)N1CCN(c2ccc(S(C)(=O)=O)cc2-n2c(N)c3c(cc2=O)C(=O)NC3=O)CC1. The lowest BCUT2D eigenvalue weighted by molar-refractivity contribution is -0.129. The Morgan fingerprint density at radius 2 is 1.66 bits per heavy atom. The second kappa shape index (κ2) is 7.48. The standard InChI is InChI=1S/C20H21N5O6S/c1-11(26)23-5-7-24(8-6-23)14-4-3-12(32(2,30)31)9-15(14)25-16(27)10-13-17(18(25)21)20(29)22-19(13)28/h3-4,9-10H,5-8,21H2,1-2H3,(H,22,28,29). The molecule has 2 aliphatic rings. The first-order valence-electron chi connectivity index (χ1n) is 9.75. The number of anilines is 2. The predicted molar refractivity (Wildman–Crippen MR) is 116 cm³/mol. The average Bonchev–Trinajstić information content (AvgIpc) is 3.00. The third-order valence-corrected chi connectivity index (χ3v) is 6.75. The van der Waals surface area contributed by atoms with Gasteiger partial charge in [-0.25, -0.2) is 8.42 Å². The Kier molecular flexibility index (Phi) is 5.04. The van der Waals surface area contributed by atoms with E-state index in [1.165, 1.54) is 19.1 Å². The third kappa shape index (κ3) is 3.51. The van der Waals surface area contributed by atoms with Crippen LogP contribution in [-0.4, -0.2) is 68.0 Å². The van der Waals surface area contributed by atoms with E-state index in [4.69, 9.17) is 5.73 Å². The molecule has 4 rings (SSSR count). The van der Waals surface area contributed by atoms with Crippen molar-refractivity contribution >= 4 is 39.1 Å². The maximum absolute atomic E-state index is 13.0. The van der Waals surface area contributed by atoms with Crippen LogP contribution in [0.15, 0.2) is 34.0 Å². The summed E-state index contributed by atoms with van der Waals surface area (Å²) in [6.07, 6.45) is 1.04. The lowest BCUT2D eigenvalue weighted by atomic mass is 10.1. The van der Waals surface area contributed by atoms with Crippen LogP contribution in [0.25, 0.3) is 5.69 Å². The Labute approximate surface area is 183 Å². The zero-order chi connectivity index (χ0) is 23.4. The van der Waals surface area contributed by atoms with Gasteiger partial charge < -0.3 is 15.5 Å². The number of aromatic nitrogens is 1. The van der Waals surface area contributed by atoms with E-state index in [0.29, 0.717) is 31.9 Å². The maximum Gasteiger partial charge on any atom is 0.262 e. The number of rotatable bonds is 3. The molecule has 11 nitrogen and oxygen atoms in total. The molecule has 1 aromatic heterocycles. The first kappa shape index (κ1) is 21.6. The number of nitrogen functional groups attached to an aromatic ring is 1. The Morgan fingerprint density at radius 3 is 2.25 bits per heavy atom. The fourth-order valence-electron chi connectivity index (χ4n) is 3.97. The number of nitrogens with two attached hydrogens (primary N) is 1. The van der Waals surface area contributed by atoms with Crippen LogP contribution in [0.1, 0.15) is 27.6 Å². The van der Waals surface area contributed by atoms with Crippen LogP contribution < -0.4 is 21.5 Å². The predicted octanol–water partition coefficient (Wildman–Crippen LogP) is -0.625. The van der Waals surface area contributed by atoms with Gasteiger partial charge in [-0.1, -0.05) is 0 Å². The van der Waals surface area contributed by atoms with Gasteiger partial charge in [0.25, 0.3) is 17.4 Å². The van der Waals surface area contributed by atoms with Crippen molar-refractivity contribution in [3.63, 3.8) is 0 Å². The largest absolute Gasteiger partial charge is 0.384 e. The molecule has 0 radical (unpaired) electrons. The molecule has 3 heterocycles. The van der Waals surface area contributed by atoms with Gasteiger partial charge in [0.1, 0.15) is 5.82 Å². The number of nitrogens with zero attached hydrogens (tertiary/aromatic N) is 3. The first-order valence-corrected chi connectivity index (χ1v) is 11.6. The molecular formula is C20H21N5O6S. The van der Waals surface area contributed by atoms with Crippen LogP contribution >= 0.6 is 0 Å². The smallest absolute Gasteiger partial charge is 0.262 e. The van der Waals surface area contributed by atoms with Crippen molar-refractivity contribution < 1.29 is 22.8 Å². The van der Waals surface area contributed by atoms with Gasteiger partial charge in [-0.15, -0.1) is 0 Å². The van der Waals surface area contributed by atoms with E-state index in [-0.39, 0.29) is 33.4 Å².